The number of hydrogen-bond donors (Lipinski definition) is 1. The summed E-state index contributed by atoms with van der Waals surface area (Å²) < 4.78 is 5.32. The lowest BCUT2D eigenvalue weighted by atomic mass is 10.1. The number of carbonyl (C=O) groups excluding carboxylic acids is 1. The molecule has 1 heterocycles. The van der Waals surface area contributed by atoms with Crippen LogP contribution in [0.2, 0.25) is 0 Å². The molecular formula is C14H14N2O4. The predicted octanol–water partition coefficient (Wildman–Crippen LogP) is 0.874. The molecule has 6 nitrogen and oxygen atoms in total. The van der Waals surface area contributed by atoms with E-state index in [4.69, 9.17) is 15.1 Å². The highest BCUT2D eigenvalue weighted by molar-refractivity contribution is 5.94. The second-order valence-electron chi connectivity index (χ2n) is 4.53. The Labute approximate surface area is 116 Å². The molecule has 1 saturated heterocycles. The van der Waals surface area contributed by atoms with E-state index < -0.39 is 12.1 Å². The van der Waals surface area contributed by atoms with Crippen LogP contribution in [0, 0.1) is 11.3 Å². The van der Waals surface area contributed by atoms with Crippen LogP contribution < -0.4 is 0 Å². The second kappa shape index (κ2) is 6.17. The summed E-state index contributed by atoms with van der Waals surface area (Å²) in [6.45, 7) is 1.04. The maximum Gasteiger partial charge on any atom is 0.306 e. The van der Waals surface area contributed by atoms with Gasteiger partial charge in [-0.3, -0.25) is 9.59 Å². The molecule has 1 atom stereocenters. The van der Waals surface area contributed by atoms with Gasteiger partial charge in [-0.25, -0.2) is 0 Å². The van der Waals surface area contributed by atoms with E-state index in [1.165, 1.54) is 0 Å². The van der Waals surface area contributed by atoms with Crippen LogP contribution in [0.1, 0.15) is 22.3 Å². The highest BCUT2D eigenvalue weighted by Crippen LogP contribution is 2.13. The maximum atomic E-state index is 12.3. The zero-order chi connectivity index (χ0) is 14.5. The minimum Gasteiger partial charge on any atom is -0.481 e. The number of benzene rings is 1. The smallest absolute Gasteiger partial charge is 0.306 e. The standard InChI is InChI=1S/C14H14N2O4/c15-8-10-1-3-11(4-2-10)14(19)16-5-6-20-12(9-16)7-13(17)18/h1-4,12H,5-7,9H2,(H,17,18). The predicted molar refractivity (Wildman–Crippen MR) is 69.1 cm³/mol. The van der Waals surface area contributed by atoms with Crippen molar-refractivity contribution >= 4 is 11.9 Å². The molecule has 20 heavy (non-hydrogen) atoms. The SMILES string of the molecule is N#Cc1ccc(C(=O)N2CCOC(CC(=O)O)C2)cc1. The van der Waals surface area contributed by atoms with Crippen molar-refractivity contribution in [2.75, 3.05) is 19.7 Å². The molecule has 0 aliphatic carbocycles. The molecule has 0 aromatic heterocycles. The van der Waals surface area contributed by atoms with Gasteiger partial charge in [-0.2, -0.15) is 5.26 Å². The molecule has 1 amide bonds. The number of rotatable bonds is 3. The lowest BCUT2D eigenvalue weighted by Crippen LogP contribution is -2.46. The van der Waals surface area contributed by atoms with Crippen molar-refractivity contribution in [3.63, 3.8) is 0 Å². The Hall–Kier alpha value is -2.39. The number of morpholine rings is 1. The van der Waals surface area contributed by atoms with Gasteiger partial charge in [0.15, 0.2) is 0 Å². The summed E-state index contributed by atoms with van der Waals surface area (Å²) in [5.41, 5.74) is 0.979. The number of hydrogen-bond acceptors (Lipinski definition) is 4. The number of carboxylic acids is 1. The highest BCUT2D eigenvalue weighted by atomic mass is 16.5. The van der Waals surface area contributed by atoms with Crippen molar-refractivity contribution in [1.29, 1.82) is 5.26 Å². The number of amides is 1. The first-order valence-electron chi connectivity index (χ1n) is 6.23. The monoisotopic (exact) mass is 274 g/mol. The van der Waals surface area contributed by atoms with Gasteiger partial charge in [-0.1, -0.05) is 0 Å². The molecule has 1 aliphatic rings. The molecule has 6 heteroatoms. The summed E-state index contributed by atoms with van der Waals surface area (Å²) in [6.07, 6.45) is -0.583. The fourth-order valence-corrected chi connectivity index (χ4v) is 2.09. The average Bonchev–Trinajstić information content (AvgIpc) is 2.46. The zero-order valence-electron chi connectivity index (χ0n) is 10.8. The normalized spacial score (nSPS) is 18.4. The van der Waals surface area contributed by atoms with E-state index in [-0.39, 0.29) is 18.9 Å². The van der Waals surface area contributed by atoms with Crippen molar-refractivity contribution in [1.82, 2.24) is 4.90 Å². The molecular weight excluding hydrogens is 260 g/mol. The highest BCUT2D eigenvalue weighted by Gasteiger charge is 2.26. The van der Waals surface area contributed by atoms with Gasteiger partial charge in [0.1, 0.15) is 0 Å². The first-order valence-corrected chi connectivity index (χ1v) is 6.23. The number of ether oxygens (including phenoxy) is 1. The van der Waals surface area contributed by atoms with Crippen molar-refractivity contribution < 1.29 is 19.4 Å². The molecule has 1 fully saturated rings. The molecule has 0 radical (unpaired) electrons. The summed E-state index contributed by atoms with van der Waals surface area (Å²) in [6, 6.07) is 8.36. The van der Waals surface area contributed by atoms with Crippen LogP contribution >= 0.6 is 0 Å². The molecule has 1 unspecified atom stereocenters. The van der Waals surface area contributed by atoms with Crippen LogP contribution in [0.3, 0.4) is 0 Å². The number of nitriles is 1. The van der Waals surface area contributed by atoms with E-state index in [1.54, 1.807) is 29.2 Å². The Bertz CT molecular complexity index is 547. The van der Waals surface area contributed by atoms with Gasteiger partial charge in [0.05, 0.1) is 30.8 Å². The largest absolute Gasteiger partial charge is 0.481 e. The van der Waals surface area contributed by atoms with Crippen molar-refractivity contribution in [3.05, 3.63) is 35.4 Å². The lowest BCUT2D eigenvalue weighted by molar-refractivity contribution is -0.141. The molecule has 1 aromatic carbocycles. The summed E-state index contributed by atoms with van der Waals surface area (Å²) in [5.74, 6) is -1.11. The zero-order valence-corrected chi connectivity index (χ0v) is 10.8. The van der Waals surface area contributed by atoms with Gasteiger partial charge < -0.3 is 14.7 Å². The molecule has 0 saturated carbocycles. The molecule has 2 rings (SSSR count). The van der Waals surface area contributed by atoms with Crippen molar-refractivity contribution in [2.24, 2.45) is 0 Å². The van der Waals surface area contributed by atoms with Gasteiger partial charge in [0, 0.05) is 18.7 Å². The summed E-state index contributed by atoms with van der Waals surface area (Å²) in [7, 11) is 0. The van der Waals surface area contributed by atoms with Gasteiger partial charge in [0.25, 0.3) is 5.91 Å². The van der Waals surface area contributed by atoms with E-state index in [9.17, 15) is 9.59 Å². The Morgan fingerprint density at radius 1 is 1.40 bits per heavy atom. The van der Waals surface area contributed by atoms with Gasteiger partial charge >= 0.3 is 5.97 Å². The van der Waals surface area contributed by atoms with E-state index in [0.717, 1.165) is 0 Å². The molecule has 0 bridgehead atoms. The first-order chi connectivity index (χ1) is 9.60. The summed E-state index contributed by atoms with van der Waals surface area (Å²) in [4.78, 5) is 24.5. The van der Waals surface area contributed by atoms with E-state index in [0.29, 0.717) is 24.3 Å². The molecule has 1 aromatic rings. The average molecular weight is 274 g/mol. The van der Waals surface area contributed by atoms with Gasteiger partial charge in [-0.15, -0.1) is 0 Å². The number of aliphatic carboxylic acids is 1. The maximum absolute atomic E-state index is 12.3. The van der Waals surface area contributed by atoms with Crippen molar-refractivity contribution in [2.45, 2.75) is 12.5 Å². The minimum atomic E-state index is -0.942. The Kier molecular flexibility index (Phi) is 4.33. The Balaban J connectivity index is 2.04. The fraction of sp³-hybridized carbons (Fsp3) is 0.357. The topological polar surface area (TPSA) is 90.6 Å². The van der Waals surface area contributed by atoms with E-state index in [2.05, 4.69) is 0 Å². The third-order valence-electron chi connectivity index (χ3n) is 3.09. The van der Waals surface area contributed by atoms with Crippen LogP contribution in [0.15, 0.2) is 24.3 Å². The Morgan fingerprint density at radius 2 is 2.10 bits per heavy atom. The van der Waals surface area contributed by atoms with Crippen LogP contribution in [-0.2, 0) is 9.53 Å². The first kappa shape index (κ1) is 14.0. The summed E-state index contributed by atoms with van der Waals surface area (Å²) >= 11 is 0. The fourth-order valence-electron chi connectivity index (χ4n) is 2.09. The third kappa shape index (κ3) is 3.33. The van der Waals surface area contributed by atoms with Crippen molar-refractivity contribution in [3.8, 4) is 6.07 Å². The van der Waals surface area contributed by atoms with Gasteiger partial charge in [-0.05, 0) is 24.3 Å². The lowest BCUT2D eigenvalue weighted by Gasteiger charge is -2.32. The van der Waals surface area contributed by atoms with Crippen LogP contribution in [0.5, 0.6) is 0 Å². The van der Waals surface area contributed by atoms with E-state index >= 15 is 0 Å². The Morgan fingerprint density at radius 3 is 2.70 bits per heavy atom. The number of nitrogens with zero attached hydrogens (tertiary/aromatic N) is 2. The van der Waals surface area contributed by atoms with E-state index in [1.807, 2.05) is 6.07 Å². The molecule has 1 N–H and O–H groups in total. The number of carbonyl (C=O) groups is 2. The quantitative estimate of drug-likeness (QED) is 0.883. The minimum absolute atomic E-state index is 0.114. The molecule has 0 spiro atoms. The van der Waals surface area contributed by atoms with Crippen LogP contribution in [-0.4, -0.2) is 47.7 Å². The summed E-state index contributed by atoms with van der Waals surface area (Å²) in [5, 5.41) is 17.5. The second-order valence-corrected chi connectivity index (χ2v) is 4.53. The molecule has 1 aliphatic heterocycles. The number of carboxylic acid groups (broad SMARTS) is 1. The van der Waals surface area contributed by atoms with Gasteiger partial charge in [0.2, 0.25) is 0 Å². The van der Waals surface area contributed by atoms with Crippen LogP contribution in [0.4, 0.5) is 0 Å². The third-order valence-corrected chi connectivity index (χ3v) is 3.09. The van der Waals surface area contributed by atoms with Crippen LogP contribution in [0.25, 0.3) is 0 Å². The molecule has 104 valence electrons.